The molecule has 19 heavy (non-hydrogen) atoms. The third-order valence-electron chi connectivity index (χ3n) is 3.51. The molecule has 106 valence electrons. The Balaban J connectivity index is 1.84. The van der Waals surface area contributed by atoms with E-state index in [1.165, 1.54) is 0 Å². The van der Waals surface area contributed by atoms with Crippen LogP contribution < -0.4 is 5.32 Å². The molecule has 1 aliphatic rings. The Hall–Kier alpha value is -1.07. The van der Waals surface area contributed by atoms with Gasteiger partial charge in [0.15, 0.2) is 9.84 Å². The normalized spacial score (nSPS) is 20.3. The Morgan fingerprint density at radius 2 is 1.95 bits per heavy atom. The van der Waals surface area contributed by atoms with E-state index < -0.39 is 9.84 Å². The van der Waals surface area contributed by atoms with Gasteiger partial charge in [-0.3, -0.25) is 0 Å². The van der Waals surface area contributed by atoms with E-state index in [4.69, 9.17) is 0 Å². The SMILES string of the molecule is O=S(=O)(CCc1ccc(O)cc1)CC1CCCCN1. The number of hydrogen-bond acceptors (Lipinski definition) is 4. The second kappa shape index (κ2) is 6.39. The fourth-order valence-electron chi connectivity index (χ4n) is 2.39. The smallest absolute Gasteiger partial charge is 0.152 e. The van der Waals surface area contributed by atoms with Crippen LogP contribution in [0.15, 0.2) is 24.3 Å². The molecule has 4 nitrogen and oxygen atoms in total. The predicted octanol–water partition coefficient (Wildman–Crippen LogP) is 1.49. The quantitative estimate of drug-likeness (QED) is 0.859. The first kappa shape index (κ1) is 14.3. The van der Waals surface area contributed by atoms with Crippen molar-refractivity contribution in [2.75, 3.05) is 18.1 Å². The van der Waals surface area contributed by atoms with E-state index in [0.29, 0.717) is 6.42 Å². The number of aromatic hydroxyl groups is 1. The highest BCUT2D eigenvalue weighted by Crippen LogP contribution is 2.13. The summed E-state index contributed by atoms with van der Waals surface area (Å²) in [6, 6.07) is 6.83. The number of phenolic OH excluding ortho intramolecular Hbond substituents is 1. The van der Waals surface area contributed by atoms with Crippen molar-refractivity contribution in [1.82, 2.24) is 5.32 Å². The topological polar surface area (TPSA) is 66.4 Å². The van der Waals surface area contributed by atoms with Crippen LogP contribution in [0.25, 0.3) is 0 Å². The first-order chi connectivity index (χ1) is 9.05. The summed E-state index contributed by atoms with van der Waals surface area (Å²) in [5.74, 6) is 0.624. The van der Waals surface area contributed by atoms with Gasteiger partial charge < -0.3 is 10.4 Å². The molecule has 1 unspecified atom stereocenters. The molecule has 0 aromatic heterocycles. The minimum atomic E-state index is -3.01. The first-order valence-corrected chi connectivity index (χ1v) is 8.59. The van der Waals surface area contributed by atoms with Crippen LogP contribution in [0.3, 0.4) is 0 Å². The van der Waals surface area contributed by atoms with Crippen LogP contribution in [-0.4, -0.2) is 37.6 Å². The summed E-state index contributed by atoms with van der Waals surface area (Å²) >= 11 is 0. The number of benzene rings is 1. The summed E-state index contributed by atoms with van der Waals surface area (Å²) in [6.07, 6.45) is 3.73. The zero-order chi connectivity index (χ0) is 13.7. The second-order valence-electron chi connectivity index (χ2n) is 5.18. The van der Waals surface area contributed by atoms with Crippen molar-refractivity contribution < 1.29 is 13.5 Å². The van der Waals surface area contributed by atoms with Crippen LogP contribution in [0.1, 0.15) is 24.8 Å². The molecular weight excluding hydrogens is 262 g/mol. The lowest BCUT2D eigenvalue weighted by Crippen LogP contribution is -2.40. The fourth-order valence-corrected chi connectivity index (χ4v) is 4.00. The molecule has 2 rings (SSSR count). The summed E-state index contributed by atoms with van der Waals surface area (Å²) < 4.78 is 24.1. The average molecular weight is 283 g/mol. The zero-order valence-corrected chi connectivity index (χ0v) is 11.8. The van der Waals surface area contributed by atoms with E-state index in [9.17, 15) is 13.5 Å². The molecule has 1 atom stereocenters. The number of phenols is 1. The molecule has 1 heterocycles. The van der Waals surface area contributed by atoms with Crippen molar-refractivity contribution >= 4 is 9.84 Å². The molecule has 0 spiro atoms. The number of sulfone groups is 1. The van der Waals surface area contributed by atoms with E-state index in [-0.39, 0.29) is 23.3 Å². The van der Waals surface area contributed by atoms with Gasteiger partial charge in [-0.1, -0.05) is 18.6 Å². The van der Waals surface area contributed by atoms with Crippen molar-refractivity contribution in [3.8, 4) is 5.75 Å². The highest BCUT2D eigenvalue weighted by atomic mass is 32.2. The Morgan fingerprint density at radius 1 is 1.21 bits per heavy atom. The highest BCUT2D eigenvalue weighted by Gasteiger charge is 2.20. The number of hydrogen-bond donors (Lipinski definition) is 2. The molecular formula is C14H21NO3S. The summed E-state index contributed by atoms with van der Waals surface area (Å²) in [5, 5.41) is 12.4. The van der Waals surface area contributed by atoms with Crippen LogP contribution in [0, 0.1) is 0 Å². The van der Waals surface area contributed by atoms with Gasteiger partial charge >= 0.3 is 0 Å². The molecule has 0 aliphatic carbocycles. The molecule has 0 amide bonds. The van der Waals surface area contributed by atoms with Crippen molar-refractivity contribution in [3.05, 3.63) is 29.8 Å². The van der Waals surface area contributed by atoms with Gasteiger partial charge in [-0.2, -0.15) is 0 Å². The maximum atomic E-state index is 12.0. The molecule has 1 fully saturated rings. The summed E-state index contributed by atoms with van der Waals surface area (Å²) in [5.41, 5.74) is 0.943. The molecule has 2 N–H and O–H groups in total. The monoisotopic (exact) mass is 283 g/mol. The van der Waals surface area contributed by atoms with Gasteiger partial charge in [0.05, 0.1) is 11.5 Å². The minimum Gasteiger partial charge on any atom is -0.508 e. The van der Waals surface area contributed by atoms with E-state index in [1.54, 1.807) is 24.3 Å². The summed E-state index contributed by atoms with van der Waals surface area (Å²) in [7, 11) is -3.01. The number of aryl methyl sites for hydroxylation is 1. The van der Waals surface area contributed by atoms with Crippen LogP contribution in [0.4, 0.5) is 0 Å². The molecule has 5 heteroatoms. The van der Waals surface area contributed by atoms with Crippen LogP contribution in [0.5, 0.6) is 5.75 Å². The van der Waals surface area contributed by atoms with Crippen molar-refractivity contribution in [1.29, 1.82) is 0 Å². The van der Waals surface area contributed by atoms with E-state index in [0.717, 1.165) is 31.4 Å². The van der Waals surface area contributed by atoms with Crippen LogP contribution >= 0.6 is 0 Å². The molecule has 1 saturated heterocycles. The lowest BCUT2D eigenvalue weighted by atomic mass is 10.1. The lowest BCUT2D eigenvalue weighted by molar-refractivity contribution is 0.423. The van der Waals surface area contributed by atoms with Gasteiger partial charge in [0.2, 0.25) is 0 Å². The average Bonchev–Trinajstić information content (AvgIpc) is 2.39. The number of nitrogens with one attached hydrogen (secondary N) is 1. The largest absolute Gasteiger partial charge is 0.508 e. The molecule has 0 bridgehead atoms. The Morgan fingerprint density at radius 3 is 2.58 bits per heavy atom. The summed E-state index contributed by atoms with van der Waals surface area (Å²) in [6.45, 7) is 0.929. The molecule has 1 aromatic rings. The van der Waals surface area contributed by atoms with Crippen LogP contribution in [0.2, 0.25) is 0 Å². The Labute approximate surface area is 114 Å². The fraction of sp³-hybridized carbons (Fsp3) is 0.571. The molecule has 0 radical (unpaired) electrons. The number of rotatable bonds is 5. The van der Waals surface area contributed by atoms with Crippen molar-refractivity contribution in [2.45, 2.75) is 31.7 Å². The standard InChI is InChI=1S/C14H21NO3S/c16-14-6-4-12(5-7-14)8-10-19(17,18)11-13-3-1-2-9-15-13/h4-7,13,15-16H,1-3,8-11H2. The maximum absolute atomic E-state index is 12.0. The van der Waals surface area contributed by atoms with Crippen LogP contribution in [-0.2, 0) is 16.3 Å². The van der Waals surface area contributed by atoms with Crippen molar-refractivity contribution in [3.63, 3.8) is 0 Å². The third-order valence-corrected chi connectivity index (χ3v) is 5.24. The van der Waals surface area contributed by atoms with Gasteiger partial charge in [-0.25, -0.2) is 8.42 Å². The van der Waals surface area contributed by atoms with Gasteiger partial charge in [0, 0.05) is 6.04 Å². The molecule has 1 aliphatic heterocycles. The van der Waals surface area contributed by atoms with Gasteiger partial charge in [-0.05, 0) is 43.5 Å². The Bertz CT molecular complexity index is 490. The van der Waals surface area contributed by atoms with E-state index in [1.807, 2.05) is 0 Å². The second-order valence-corrected chi connectivity index (χ2v) is 7.41. The van der Waals surface area contributed by atoms with Gasteiger partial charge in [0.1, 0.15) is 5.75 Å². The van der Waals surface area contributed by atoms with Crippen molar-refractivity contribution in [2.24, 2.45) is 0 Å². The molecule has 0 saturated carbocycles. The number of piperidine rings is 1. The van der Waals surface area contributed by atoms with Gasteiger partial charge in [0.25, 0.3) is 0 Å². The third kappa shape index (κ3) is 4.84. The summed E-state index contributed by atoms with van der Waals surface area (Å²) in [4.78, 5) is 0. The Kier molecular flexibility index (Phi) is 4.82. The minimum absolute atomic E-state index is 0.124. The zero-order valence-electron chi connectivity index (χ0n) is 11.0. The first-order valence-electron chi connectivity index (χ1n) is 6.77. The van der Waals surface area contributed by atoms with E-state index in [2.05, 4.69) is 5.32 Å². The maximum Gasteiger partial charge on any atom is 0.152 e. The molecule has 1 aromatic carbocycles. The lowest BCUT2D eigenvalue weighted by Gasteiger charge is -2.23. The predicted molar refractivity (Wildman–Crippen MR) is 76.1 cm³/mol. The van der Waals surface area contributed by atoms with E-state index >= 15 is 0 Å². The van der Waals surface area contributed by atoms with Gasteiger partial charge in [-0.15, -0.1) is 0 Å². The highest BCUT2D eigenvalue weighted by molar-refractivity contribution is 7.91.